The van der Waals surface area contributed by atoms with Gasteiger partial charge in [-0.05, 0) is 12.1 Å². The van der Waals surface area contributed by atoms with Gasteiger partial charge in [0.2, 0.25) is 5.65 Å². The zero-order chi connectivity index (χ0) is 19.2. The number of nitrogens with zero attached hydrogens (tertiary/aromatic N) is 5. The van der Waals surface area contributed by atoms with Gasteiger partial charge in [0, 0.05) is 26.2 Å². The van der Waals surface area contributed by atoms with Gasteiger partial charge in [-0.1, -0.05) is 0 Å². The molecule has 0 atom stereocenters. The molecule has 0 bridgehead atoms. The zero-order valence-corrected chi connectivity index (χ0v) is 15.0. The Balaban J connectivity index is 2.02. The summed E-state index contributed by atoms with van der Waals surface area (Å²) in [5.74, 6) is -0.00889. The van der Waals surface area contributed by atoms with E-state index in [1.54, 1.807) is 12.1 Å². The minimum absolute atomic E-state index is 0.00889. The van der Waals surface area contributed by atoms with E-state index >= 15 is 0 Å². The summed E-state index contributed by atoms with van der Waals surface area (Å²) in [7, 11) is -4.41. The van der Waals surface area contributed by atoms with Gasteiger partial charge in [0.25, 0.3) is 5.56 Å². The zero-order valence-electron chi connectivity index (χ0n) is 14.1. The first-order valence-electron chi connectivity index (χ1n) is 8.22. The van der Waals surface area contributed by atoms with Crippen LogP contribution in [0.5, 0.6) is 0 Å². The molecule has 4 rings (SSSR count). The number of hydrogen-bond acceptors (Lipinski definition) is 7. The molecule has 0 spiro atoms. The molecule has 3 heterocycles. The van der Waals surface area contributed by atoms with E-state index in [-0.39, 0.29) is 11.5 Å². The molecule has 3 aromatic rings. The van der Waals surface area contributed by atoms with Crippen LogP contribution in [0, 0.1) is 11.3 Å². The molecule has 11 nitrogen and oxygen atoms in total. The highest BCUT2D eigenvalue weighted by Gasteiger charge is 2.23. The predicted octanol–water partition coefficient (Wildman–Crippen LogP) is -0.470. The monoisotopic (exact) mass is 389 g/mol. The molecule has 140 valence electrons. The molecular formula is C15H16N7O4P. The Morgan fingerprint density at radius 2 is 2.00 bits per heavy atom. The number of aromatic amines is 1. The number of nitrogens with one attached hydrogen (secondary N) is 2. The summed E-state index contributed by atoms with van der Waals surface area (Å²) in [6.45, 7) is 2.98. The van der Waals surface area contributed by atoms with Crippen LogP contribution in [0.15, 0.2) is 16.9 Å². The lowest BCUT2D eigenvalue weighted by Crippen LogP contribution is -2.43. The summed E-state index contributed by atoms with van der Waals surface area (Å²) in [6, 6.07) is 5.45. The van der Waals surface area contributed by atoms with Crippen LogP contribution in [0.3, 0.4) is 0 Å². The van der Waals surface area contributed by atoms with Gasteiger partial charge in [-0.2, -0.15) is 5.26 Å². The Bertz CT molecular complexity index is 1180. The Hall–Kier alpha value is -2.77. The molecule has 0 amide bonds. The summed E-state index contributed by atoms with van der Waals surface area (Å²) in [4.78, 5) is 35.6. The minimum Gasteiger partial charge on any atom is -0.368 e. The SMILES string of the molecule is N#Cc1cc2[nH]c(=O)c3nnc(CP(=O)(O)O)n3c2cc1N1CCNCC1. The number of hydrogen-bond donors (Lipinski definition) is 4. The second-order valence-corrected chi connectivity index (χ2v) is 7.93. The lowest BCUT2D eigenvalue weighted by atomic mass is 10.1. The minimum atomic E-state index is -4.41. The van der Waals surface area contributed by atoms with Crippen molar-refractivity contribution in [3.05, 3.63) is 33.9 Å². The second kappa shape index (κ2) is 6.44. The van der Waals surface area contributed by atoms with Crippen molar-refractivity contribution < 1.29 is 14.4 Å². The highest BCUT2D eigenvalue weighted by Crippen LogP contribution is 2.39. The van der Waals surface area contributed by atoms with Crippen molar-refractivity contribution in [1.82, 2.24) is 24.9 Å². The third-order valence-corrected chi connectivity index (χ3v) is 5.16. The Morgan fingerprint density at radius 1 is 1.26 bits per heavy atom. The second-order valence-electron chi connectivity index (χ2n) is 6.29. The largest absolute Gasteiger partial charge is 0.368 e. The average molecular weight is 389 g/mol. The van der Waals surface area contributed by atoms with Crippen molar-refractivity contribution in [2.24, 2.45) is 0 Å². The van der Waals surface area contributed by atoms with Crippen LogP contribution < -0.4 is 15.8 Å². The van der Waals surface area contributed by atoms with Gasteiger partial charge in [-0.25, -0.2) is 0 Å². The lowest BCUT2D eigenvalue weighted by molar-refractivity contribution is 0.370. The highest BCUT2D eigenvalue weighted by atomic mass is 31.2. The Kier molecular flexibility index (Phi) is 4.20. The summed E-state index contributed by atoms with van der Waals surface area (Å²) in [6.07, 6.45) is -0.643. The van der Waals surface area contributed by atoms with Crippen LogP contribution in [0.2, 0.25) is 0 Å². The van der Waals surface area contributed by atoms with Gasteiger partial charge < -0.3 is 25.0 Å². The van der Waals surface area contributed by atoms with E-state index in [1.807, 2.05) is 0 Å². The third-order valence-electron chi connectivity index (χ3n) is 4.46. The predicted molar refractivity (Wildman–Crippen MR) is 96.7 cm³/mol. The summed E-state index contributed by atoms with van der Waals surface area (Å²) >= 11 is 0. The number of piperazine rings is 1. The number of benzene rings is 1. The van der Waals surface area contributed by atoms with E-state index in [4.69, 9.17) is 0 Å². The molecule has 12 heteroatoms. The fourth-order valence-corrected chi connectivity index (χ4v) is 3.87. The number of rotatable bonds is 3. The van der Waals surface area contributed by atoms with E-state index < -0.39 is 19.3 Å². The molecule has 4 N–H and O–H groups in total. The van der Waals surface area contributed by atoms with Crippen LogP contribution in [0.1, 0.15) is 11.4 Å². The number of aromatic nitrogens is 4. The molecule has 27 heavy (non-hydrogen) atoms. The standard InChI is InChI=1S/C15H16N7O4P/c16-7-9-5-10-12(6-11(9)21-3-1-17-2-4-21)22-13(8-27(24,25)26)19-20-14(22)15(23)18-10/h5-6,17H,1-4,8H2,(H,18,23)(H2,24,25,26). The van der Waals surface area contributed by atoms with Crippen molar-refractivity contribution in [1.29, 1.82) is 5.26 Å². The molecule has 1 aliphatic heterocycles. The van der Waals surface area contributed by atoms with Crippen molar-refractivity contribution in [3.8, 4) is 6.07 Å². The number of H-pyrrole nitrogens is 1. The normalized spacial score (nSPS) is 15.4. The van der Waals surface area contributed by atoms with Crippen LogP contribution in [0.4, 0.5) is 5.69 Å². The van der Waals surface area contributed by atoms with Crippen molar-refractivity contribution >= 4 is 30.0 Å². The van der Waals surface area contributed by atoms with Crippen LogP contribution in [-0.4, -0.2) is 55.5 Å². The van der Waals surface area contributed by atoms with Crippen LogP contribution in [-0.2, 0) is 10.7 Å². The van der Waals surface area contributed by atoms with Crippen molar-refractivity contribution in [2.75, 3.05) is 31.1 Å². The first kappa shape index (κ1) is 17.6. The van der Waals surface area contributed by atoms with E-state index in [2.05, 4.69) is 31.5 Å². The van der Waals surface area contributed by atoms with Gasteiger partial charge >= 0.3 is 7.60 Å². The summed E-state index contributed by atoms with van der Waals surface area (Å²) < 4.78 is 12.8. The van der Waals surface area contributed by atoms with Gasteiger partial charge in [-0.3, -0.25) is 13.8 Å². The smallest absolute Gasteiger partial charge is 0.333 e. The maximum Gasteiger partial charge on any atom is 0.333 e. The molecule has 0 radical (unpaired) electrons. The average Bonchev–Trinajstić information content (AvgIpc) is 3.04. The van der Waals surface area contributed by atoms with E-state index in [0.717, 1.165) is 13.1 Å². The Labute approximate surface area is 152 Å². The number of anilines is 1. The highest BCUT2D eigenvalue weighted by molar-refractivity contribution is 7.50. The van der Waals surface area contributed by atoms with Crippen LogP contribution in [0.25, 0.3) is 16.7 Å². The van der Waals surface area contributed by atoms with E-state index in [0.29, 0.717) is 35.4 Å². The molecule has 2 aromatic heterocycles. The number of nitriles is 1. The van der Waals surface area contributed by atoms with E-state index in [1.165, 1.54) is 4.40 Å². The molecule has 0 unspecified atom stereocenters. The maximum atomic E-state index is 12.3. The molecule has 0 aliphatic carbocycles. The summed E-state index contributed by atoms with van der Waals surface area (Å²) in [5, 5.41) is 20.3. The summed E-state index contributed by atoms with van der Waals surface area (Å²) in [5.41, 5.74) is 1.34. The quantitative estimate of drug-likeness (QED) is 0.434. The van der Waals surface area contributed by atoms with Crippen molar-refractivity contribution in [2.45, 2.75) is 6.16 Å². The van der Waals surface area contributed by atoms with Gasteiger partial charge in [0.05, 0.1) is 22.3 Å². The molecule has 1 fully saturated rings. The fraction of sp³-hybridized carbons (Fsp3) is 0.333. The molecular weight excluding hydrogens is 373 g/mol. The fourth-order valence-electron chi connectivity index (χ4n) is 3.30. The van der Waals surface area contributed by atoms with Gasteiger partial charge in [0.15, 0.2) is 0 Å². The Morgan fingerprint density at radius 3 is 2.67 bits per heavy atom. The van der Waals surface area contributed by atoms with Crippen molar-refractivity contribution in [3.63, 3.8) is 0 Å². The van der Waals surface area contributed by atoms with Gasteiger partial charge in [-0.15, -0.1) is 10.2 Å². The molecule has 1 aromatic carbocycles. The first-order valence-corrected chi connectivity index (χ1v) is 10.0. The van der Waals surface area contributed by atoms with E-state index in [9.17, 15) is 24.4 Å². The topological polar surface area (TPSA) is 160 Å². The first-order chi connectivity index (χ1) is 12.9. The molecule has 1 saturated heterocycles. The maximum absolute atomic E-state index is 12.3. The lowest BCUT2D eigenvalue weighted by Gasteiger charge is -2.30. The molecule has 1 aliphatic rings. The van der Waals surface area contributed by atoms with Gasteiger partial charge in [0.1, 0.15) is 18.1 Å². The number of fused-ring (bicyclic) bond motifs is 3. The third kappa shape index (κ3) is 3.20. The molecule has 0 saturated carbocycles. The van der Waals surface area contributed by atoms with Crippen LogP contribution >= 0.6 is 7.60 Å².